The molecule has 0 spiro atoms. The zero-order chi connectivity index (χ0) is 16.1. The van der Waals surface area contributed by atoms with Gasteiger partial charge < -0.3 is 10.1 Å². The van der Waals surface area contributed by atoms with E-state index in [1.54, 1.807) is 13.0 Å². The lowest BCUT2D eigenvalue weighted by molar-refractivity contribution is -0.121. The maximum absolute atomic E-state index is 13.6. The molecule has 22 heavy (non-hydrogen) atoms. The SMILES string of the molecule is COc1ccc(C[S@](=O)[C@H](C)C(=O)NC2CCCC2)cc1F. The summed E-state index contributed by atoms with van der Waals surface area (Å²) in [6, 6.07) is 4.69. The molecule has 4 nitrogen and oxygen atoms in total. The first-order valence-corrected chi connectivity index (χ1v) is 8.89. The molecule has 122 valence electrons. The molecular weight excluding hydrogens is 305 g/mol. The number of carbonyl (C=O) groups excluding carboxylic acids is 1. The van der Waals surface area contributed by atoms with Crippen molar-refractivity contribution in [3.63, 3.8) is 0 Å². The molecule has 1 aliphatic rings. The van der Waals surface area contributed by atoms with Crippen molar-refractivity contribution in [2.45, 2.75) is 49.7 Å². The molecule has 1 fully saturated rings. The van der Waals surface area contributed by atoms with Crippen LogP contribution in [0.5, 0.6) is 5.75 Å². The van der Waals surface area contributed by atoms with Crippen LogP contribution in [0.1, 0.15) is 38.2 Å². The second kappa shape index (κ2) is 7.72. The quantitative estimate of drug-likeness (QED) is 0.873. The van der Waals surface area contributed by atoms with Crippen molar-refractivity contribution < 1.29 is 18.1 Å². The standard InChI is InChI=1S/C16H22FNO3S/c1-11(16(19)18-13-5-3-4-6-13)22(20)10-12-7-8-15(21-2)14(17)9-12/h7-9,11,13H,3-6,10H2,1-2H3,(H,18,19)/t11-,22+/m1/s1. The summed E-state index contributed by atoms with van der Waals surface area (Å²) >= 11 is 0. The number of hydrogen-bond acceptors (Lipinski definition) is 3. The molecule has 2 rings (SSSR count). The Labute approximate surface area is 132 Å². The van der Waals surface area contributed by atoms with E-state index in [0.29, 0.717) is 5.56 Å². The summed E-state index contributed by atoms with van der Waals surface area (Å²) in [5, 5.41) is 2.34. The first-order valence-electron chi connectivity index (χ1n) is 7.51. The fraction of sp³-hybridized carbons (Fsp3) is 0.562. The van der Waals surface area contributed by atoms with Crippen LogP contribution in [0.15, 0.2) is 18.2 Å². The van der Waals surface area contributed by atoms with Gasteiger partial charge in [-0.15, -0.1) is 0 Å². The van der Waals surface area contributed by atoms with E-state index in [9.17, 15) is 13.4 Å². The first-order chi connectivity index (χ1) is 10.5. The molecule has 1 N–H and O–H groups in total. The zero-order valence-corrected chi connectivity index (χ0v) is 13.7. The van der Waals surface area contributed by atoms with Crippen LogP contribution >= 0.6 is 0 Å². The normalized spacial score (nSPS) is 18.0. The van der Waals surface area contributed by atoms with Crippen LogP contribution in [0.4, 0.5) is 4.39 Å². The fourth-order valence-corrected chi connectivity index (χ4v) is 3.66. The van der Waals surface area contributed by atoms with Crippen LogP contribution in [0.25, 0.3) is 0 Å². The van der Waals surface area contributed by atoms with Crippen LogP contribution in [0, 0.1) is 5.82 Å². The third kappa shape index (κ3) is 4.29. The van der Waals surface area contributed by atoms with Gasteiger partial charge in [-0.1, -0.05) is 18.9 Å². The van der Waals surface area contributed by atoms with Crippen molar-refractivity contribution in [3.8, 4) is 5.75 Å². The lowest BCUT2D eigenvalue weighted by atomic mass is 10.2. The van der Waals surface area contributed by atoms with Gasteiger partial charge in [0.05, 0.1) is 7.11 Å². The molecule has 1 aliphatic carbocycles. The predicted octanol–water partition coefficient (Wildman–Crippen LogP) is 2.53. The minimum absolute atomic E-state index is 0.153. The minimum atomic E-state index is -1.38. The van der Waals surface area contributed by atoms with Crippen LogP contribution in [0.2, 0.25) is 0 Å². The molecular formula is C16H22FNO3S. The largest absolute Gasteiger partial charge is 0.494 e. The summed E-state index contributed by atoms with van der Waals surface area (Å²) in [5.74, 6) is -0.360. The number of hydrogen-bond donors (Lipinski definition) is 1. The Bertz CT molecular complexity index is 558. The number of halogens is 1. The van der Waals surface area contributed by atoms with Crippen molar-refractivity contribution in [2.75, 3.05) is 7.11 Å². The predicted molar refractivity (Wildman–Crippen MR) is 84.7 cm³/mol. The van der Waals surface area contributed by atoms with Gasteiger partial charge in [-0.3, -0.25) is 9.00 Å². The van der Waals surface area contributed by atoms with Gasteiger partial charge in [0.25, 0.3) is 0 Å². The van der Waals surface area contributed by atoms with Crippen LogP contribution in [-0.4, -0.2) is 28.5 Å². The smallest absolute Gasteiger partial charge is 0.235 e. The Hall–Kier alpha value is -1.43. The molecule has 0 aliphatic heterocycles. The van der Waals surface area contributed by atoms with E-state index >= 15 is 0 Å². The molecule has 1 amide bonds. The van der Waals surface area contributed by atoms with E-state index in [-0.39, 0.29) is 23.5 Å². The number of ether oxygens (including phenoxy) is 1. The molecule has 1 aromatic rings. The lowest BCUT2D eigenvalue weighted by Crippen LogP contribution is -2.40. The second-order valence-electron chi connectivity index (χ2n) is 5.63. The van der Waals surface area contributed by atoms with Gasteiger partial charge in [0.1, 0.15) is 5.25 Å². The molecule has 1 saturated carbocycles. The molecule has 0 aromatic heterocycles. The molecule has 0 saturated heterocycles. The van der Waals surface area contributed by atoms with Gasteiger partial charge in [0, 0.05) is 22.6 Å². The summed E-state index contributed by atoms with van der Waals surface area (Å²) < 4.78 is 30.8. The highest BCUT2D eigenvalue weighted by molar-refractivity contribution is 7.85. The first kappa shape index (κ1) is 16.9. The summed E-state index contributed by atoms with van der Waals surface area (Å²) in [6.07, 6.45) is 4.25. The van der Waals surface area contributed by atoms with Gasteiger partial charge in [-0.2, -0.15) is 0 Å². The van der Waals surface area contributed by atoms with E-state index in [0.717, 1.165) is 25.7 Å². The highest BCUT2D eigenvalue weighted by atomic mass is 32.2. The average Bonchev–Trinajstić information content (AvgIpc) is 2.99. The maximum Gasteiger partial charge on any atom is 0.235 e. The summed E-state index contributed by atoms with van der Waals surface area (Å²) in [6.45, 7) is 1.65. The summed E-state index contributed by atoms with van der Waals surface area (Å²) in [7, 11) is 0.0123. The van der Waals surface area contributed by atoms with E-state index < -0.39 is 21.9 Å². The Kier molecular flexibility index (Phi) is 5.94. The molecule has 0 radical (unpaired) electrons. The van der Waals surface area contributed by atoms with Gasteiger partial charge >= 0.3 is 0 Å². The minimum Gasteiger partial charge on any atom is -0.494 e. The molecule has 2 atom stereocenters. The van der Waals surface area contributed by atoms with Crippen molar-refractivity contribution in [3.05, 3.63) is 29.6 Å². The van der Waals surface area contributed by atoms with Crippen molar-refractivity contribution >= 4 is 16.7 Å². The van der Waals surface area contributed by atoms with Crippen LogP contribution in [-0.2, 0) is 21.3 Å². The van der Waals surface area contributed by atoms with E-state index in [1.807, 2.05) is 0 Å². The number of carbonyl (C=O) groups is 1. The van der Waals surface area contributed by atoms with Crippen LogP contribution < -0.4 is 10.1 Å². The topological polar surface area (TPSA) is 55.4 Å². The molecule has 1 aromatic carbocycles. The van der Waals surface area contributed by atoms with Crippen molar-refractivity contribution in [1.82, 2.24) is 5.32 Å². The molecule has 6 heteroatoms. The highest BCUT2D eigenvalue weighted by Crippen LogP contribution is 2.20. The Morgan fingerprint density at radius 3 is 2.73 bits per heavy atom. The monoisotopic (exact) mass is 327 g/mol. The van der Waals surface area contributed by atoms with Crippen molar-refractivity contribution in [2.24, 2.45) is 0 Å². The van der Waals surface area contributed by atoms with Gasteiger partial charge in [-0.25, -0.2) is 4.39 Å². The van der Waals surface area contributed by atoms with E-state index in [2.05, 4.69) is 5.32 Å². The zero-order valence-electron chi connectivity index (χ0n) is 12.9. The Balaban J connectivity index is 1.92. The van der Waals surface area contributed by atoms with Crippen LogP contribution in [0.3, 0.4) is 0 Å². The lowest BCUT2D eigenvalue weighted by Gasteiger charge is -2.16. The average molecular weight is 327 g/mol. The van der Waals surface area contributed by atoms with Gasteiger partial charge in [-0.05, 0) is 37.5 Å². The third-order valence-corrected chi connectivity index (χ3v) is 5.61. The summed E-state index contributed by atoms with van der Waals surface area (Å²) in [4.78, 5) is 12.1. The molecule has 0 bridgehead atoms. The van der Waals surface area contributed by atoms with Gasteiger partial charge in [0.2, 0.25) is 5.91 Å². The Morgan fingerprint density at radius 2 is 2.14 bits per heavy atom. The number of rotatable bonds is 6. The Morgan fingerprint density at radius 1 is 1.45 bits per heavy atom. The molecule has 0 unspecified atom stereocenters. The van der Waals surface area contributed by atoms with E-state index in [4.69, 9.17) is 4.74 Å². The number of benzene rings is 1. The third-order valence-electron chi connectivity index (χ3n) is 3.99. The maximum atomic E-state index is 13.6. The number of nitrogens with one attached hydrogen (secondary N) is 1. The highest BCUT2D eigenvalue weighted by Gasteiger charge is 2.24. The number of amides is 1. The van der Waals surface area contributed by atoms with E-state index in [1.165, 1.54) is 19.2 Å². The number of methoxy groups -OCH3 is 1. The van der Waals surface area contributed by atoms with Crippen molar-refractivity contribution in [1.29, 1.82) is 0 Å². The summed E-state index contributed by atoms with van der Waals surface area (Å²) in [5.41, 5.74) is 0.595. The van der Waals surface area contributed by atoms with Gasteiger partial charge in [0.15, 0.2) is 11.6 Å². The molecule has 0 heterocycles. The second-order valence-corrected chi connectivity index (χ2v) is 7.38. The fourth-order valence-electron chi connectivity index (χ4n) is 2.60.